The number of carbonyl (C=O) groups excluding carboxylic acids is 2. The Labute approximate surface area is 180 Å². The quantitative estimate of drug-likeness (QED) is 0.188. The zero-order valence-corrected chi connectivity index (χ0v) is 18.8. The van der Waals surface area contributed by atoms with Gasteiger partial charge in [0.15, 0.2) is 0 Å². The van der Waals surface area contributed by atoms with Gasteiger partial charge in [-0.05, 0) is 25.0 Å². The summed E-state index contributed by atoms with van der Waals surface area (Å²) in [6.45, 7) is 4.13. The number of ether oxygens (including phenoxy) is 1. The summed E-state index contributed by atoms with van der Waals surface area (Å²) in [5.41, 5.74) is 0. The van der Waals surface area contributed by atoms with Crippen molar-refractivity contribution in [3.8, 4) is 5.75 Å². The Hall–Kier alpha value is -1.93. The molecule has 1 atom stereocenters. The molecule has 0 heterocycles. The lowest BCUT2D eigenvalue weighted by atomic mass is 10.1. The fourth-order valence-electron chi connectivity index (χ4n) is 3.09. The standard InChI is InChI=1S/C22H35NO6S/c1-3-5-7-8-9-10-11-17-21(24)23-18(14-6-4-2)22(25)29-19-15-12-13-16-20(19)30(26,27)28/h12-13,15-16,18H,3-11,14,17H2,1-2H3,(H,23,24)(H,26,27,28)/p-1. The van der Waals surface area contributed by atoms with Gasteiger partial charge in [-0.1, -0.05) is 77.3 Å². The van der Waals surface area contributed by atoms with Crippen LogP contribution in [0.3, 0.4) is 0 Å². The number of unbranched alkanes of at least 4 members (excludes halogenated alkanes) is 7. The predicted octanol–water partition coefficient (Wildman–Crippen LogP) is 4.31. The third kappa shape index (κ3) is 10.2. The first-order valence-corrected chi connectivity index (χ1v) is 12.3. The highest BCUT2D eigenvalue weighted by atomic mass is 32.2. The Balaban J connectivity index is 2.62. The lowest BCUT2D eigenvalue weighted by molar-refractivity contribution is -0.139. The van der Waals surface area contributed by atoms with Gasteiger partial charge in [0.1, 0.15) is 21.9 Å². The van der Waals surface area contributed by atoms with E-state index in [1.807, 2.05) is 6.92 Å². The van der Waals surface area contributed by atoms with Gasteiger partial charge in [0.05, 0.1) is 4.90 Å². The summed E-state index contributed by atoms with van der Waals surface area (Å²) in [7, 11) is -4.78. The molecule has 0 saturated carbocycles. The van der Waals surface area contributed by atoms with Gasteiger partial charge in [0.25, 0.3) is 0 Å². The summed E-state index contributed by atoms with van der Waals surface area (Å²) in [6, 6.07) is 4.30. The van der Waals surface area contributed by atoms with E-state index in [4.69, 9.17) is 4.74 Å². The third-order valence-corrected chi connectivity index (χ3v) is 5.68. The van der Waals surface area contributed by atoms with Crippen LogP contribution in [0.1, 0.15) is 84.5 Å². The Morgan fingerprint density at radius 2 is 1.57 bits per heavy atom. The van der Waals surface area contributed by atoms with E-state index in [0.717, 1.165) is 31.7 Å². The van der Waals surface area contributed by atoms with E-state index in [-0.39, 0.29) is 11.7 Å². The zero-order valence-electron chi connectivity index (χ0n) is 18.0. The second-order valence-electron chi connectivity index (χ2n) is 7.46. The van der Waals surface area contributed by atoms with Gasteiger partial charge in [0, 0.05) is 6.42 Å². The molecule has 0 aromatic heterocycles. The van der Waals surface area contributed by atoms with Gasteiger partial charge in [-0.15, -0.1) is 0 Å². The van der Waals surface area contributed by atoms with Crippen molar-refractivity contribution in [2.45, 2.75) is 95.4 Å². The highest BCUT2D eigenvalue weighted by Crippen LogP contribution is 2.23. The van der Waals surface area contributed by atoms with Crippen LogP contribution in [0.2, 0.25) is 0 Å². The molecule has 8 heteroatoms. The molecule has 1 rings (SSSR count). The van der Waals surface area contributed by atoms with E-state index in [9.17, 15) is 22.6 Å². The van der Waals surface area contributed by atoms with Crippen LogP contribution >= 0.6 is 0 Å². The van der Waals surface area contributed by atoms with Gasteiger partial charge in [0.2, 0.25) is 5.91 Å². The van der Waals surface area contributed by atoms with Crippen LogP contribution in [0.25, 0.3) is 0 Å². The maximum absolute atomic E-state index is 12.6. The number of carbonyl (C=O) groups is 2. The molecule has 170 valence electrons. The van der Waals surface area contributed by atoms with Crippen LogP contribution in [0.4, 0.5) is 0 Å². The topological polar surface area (TPSA) is 113 Å². The minimum atomic E-state index is -4.78. The second kappa shape index (κ2) is 14.1. The summed E-state index contributed by atoms with van der Waals surface area (Å²) >= 11 is 0. The smallest absolute Gasteiger partial charge is 0.334 e. The van der Waals surface area contributed by atoms with E-state index in [1.54, 1.807) is 0 Å². The van der Waals surface area contributed by atoms with Gasteiger partial charge in [-0.2, -0.15) is 0 Å². The van der Waals surface area contributed by atoms with E-state index in [0.29, 0.717) is 19.3 Å². The van der Waals surface area contributed by atoms with Gasteiger partial charge < -0.3 is 14.6 Å². The summed E-state index contributed by atoms with van der Waals surface area (Å²) < 4.78 is 39.3. The highest BCUT2D eigenvalue weighted by Gasteiger charge is 2.24. The summed E-state index contributed by atoms with van der Waals surface area (Å²) in [5, 5.41) is 2.70. The van der Waals surface area contributed by atoms with Gasteiger partial charge in [-0.3, -0.25) is 4.79 Å². The molecule has 0 spiro atoms. The highest BCUT2D eigenvalue weighted by molar-refractivity contribution is 7.85. The minimum absolute atomic E-state index is 0.230. The fourth-order valence-corrected chi connectivity index (χ4v) is 3.69. The molecule has 0 bridgehead atoms. The first-order valence-electron chi connectivity index (χ1n) is 10.9. The first kappa shape index (κ1) is 26.1. The van der Waals surface area contributed by atoms with E-state index in [2.05, 4.69) is 12.2 Å². The molecular formula is C22H34NO6S-. The number of rotatable bonds is 15. The molecule has 1 amide bonds. The van der Waals surface area contributed by atoms with Crippen molar-refractivity contribution in [2.75, 3.05) is 0 Å². The van der Waals surface area contributed by atoms with E-state index in [1.165, 1.54) is 43.9 Å². The number of amides is 1. The number of esters is 1. The van der Waals surface area contributed by atoms with Gasteiger partial charge >= 0.3 is 5.97 Å². The van der Waals surface area contributed by atoms with Crippen molar-refractivity contribution in [1.29, 1.82) is 0 Å². The van der Waals surface area contributed by atoms with Crippen molar-refractivity contribution >= 4 is 22.0 Å². The van der Waals surface area contributed by atoms with Crippen molar-refractivity contribution in [3.63, 3.8) is 0 Å². The molecule has 0 aliphatic carbocycles. The molecule has 0 radical (unpaired) electrons. The predicted molar refractivity (Wildman–Crippen MR) is 114 cm³/mol. The van der Waals surface area contributed by atoms with Gasteiger partial charge in [-0.25, -0.2) is 13.2 Å². The maximum atomic E-state index is 12.6. The van der Waals surface area contributed by atoms with Crippen molar-refractivity contribution in [1.82, 2.24) is 5.32 Å². The summed E-state index contributed by atoms with van der Waals surface area (Å²) in [5.74, 6) is -1.32. The first-order chi connectivity index (χ1) is 14.3. The molecule has 7 nitrogen and oxygen atoms in total. The number of nitrogens with one attached hydrogen (secondary N) is 1. The molecule has 0 aliphatic heterocycles. The molecule has 30 heavy (non-hydrogen) atoms. The number of hydrogen-bond acceptors (Lipinski definition) is 6. The minimum Gasteiger partial charge on any atom is -0.744 e. The van der Waals surface area contributed by atoms with Crippen molar-refractivity contribution < 1.29 is 27.3 Å². The lowest BCUT2D eigenvalue weighted by Crippen LogP contribution is -2.43. The van der Waals surface area contributed by atoms with Crippen LogP contribution in [0, 0.1) is 0 Å². The number of benzene rings is 1. The summed E-state index contributed by atoms with van der Waals surface area (Å²) in [4.78, 5) is 24.3. The lowest BCUT2D eigenvalue weighted by Gasteiger charge is -2.19. The van der Waals surface area contributed by atoms with Crippen LogP contribution in [0.5, 0.6) is 5.75 Å². The Morgan fingerprint density at radius 3 is 2.20 bits per heavy atom. The molecular weight excluding hydrogens is 406 g/mol. The maximum Gasteiger partial charge on any atom is 0.334 e. The Kier molecular flexibility index (Phi) is 12.3. The number of hydrogen-bond donors (Lipinski definition) is 1. The molecule has 1 aromatic carbocycles. The van der Waals surface area contributed by atoms with Crippen LogP contribution in [0.15, 0.2) is 29.2 Å². The normalized spacial score (nSPS) is 12.4. The second-order valence-corrected chi connectivity index (χ2v) is 8.80. The fraction of sp³-hybridized carbons (Fsp3) is 0.636. The van der Waals surface area contributed by atoms with Crippen molar-refractivity contribution in [2.24, 2.45) is 0 Å². The Morgan fingerprint density at radius 1 is 0.967 bits per heavy atom. The van der Waals surface area contributed by atoms with Crippen molar-refractivity contribution in [3.05, 3.63) is 24.3 Å². The molecule has 0 saturated heterocycles. The third-order valence-electron chi connectivity index (χ3n) is 4.80. The Bertz CT molecular complexity index is 763. The average molecular weight is 441 g/mol. The number of para-hydroxylation sites is 1. The van der Waals surface area contributed by atoms with Crippen LogP contribution < -0.4 is 10.1 Å². The molecule has 0 aliphatic rings. The summed E-state index contributed by atoms with van der Waals surface area (Å²) in [6.07, 6.45) is 9.86. The molecule has 0 fully saturated rings. The monoisotopic (exact) mass is 440 g/mol. The average Bonchev–Trinajstić information content (AvgIpc) is 2.70. The van der Waals surface area contributed by atoms with Crippen LogP contribution in [-0.2, 0) is 19.7 Å². The largest absolute Gasteiger partial charge is 0.744 e. The zero-order chi connectivity index (χ0) is 22.4. The molecule has 1 unspecified atom stereocenters. The molecule has 1 N–H and O–H groups in total. The SMILES string of the molecule is CCCCCCCCCC(=O)NC(CCCC)C(=O)Oc1ccccc1S(=O)(=O)[O-]. The van der Waals surface area contributed by atoms with E-state index >= 15 is 0 Å². The van der Waals surface area contributed by atoms with Crippen LogP contribution in [-0.4, -0.2) is 30.9 Å². The van der Waals surface area contributed by atoms with E-state index < -0.39 is 27.0 Å². The molecule has 1 aromatic rings.